The first-order valence-electron chi connectivity index (χ1n) is 3.34. The van der Waals surface area contributed by atoms with E-state index in [-0.39, 0.29) is 0 Å². The van der Waals surface area contributed by atoms with Crippen LogP contribution in [0.4, 0.5) is 0 Å². The number of rotatable bonds is 2. The van der Waals surface area contributed by atoms with Crippen LogP contribution in [0.1, 0.15) is 19.3 Å². The van der Waals surface area contributed by atoms with Crippen LogP contribution in [-0.4, -0.2) is 17.8 Å². The SMILES string of the molecule is OC[C@H]1CC[C@H](NBr)C1. The molecule has 1 rings (SSSR count). The molecular formula is C6H12BrNO. The molecule has 0 amide bonds. The Hall–Kier alpha value is 0.400. The highest BCUT2D eigenvalue weighted by Gasteiger charge is 2.22. The molecule has 0 aromatic carbocycles. The second-order valence-corrected chi connectivity index (χ2v) is 3.13. The Morgan fingerprint density at radius 2 is 2.33 bits per heavy atom. The van der Waals surface area contributed by atoms with E-state index in [2.05, 4.69) is 20.5 Å². The van der Waals surface area contributed by atoms with Crippen molar-refractivity contribution in [3.63, 3.8) is 0 Å². The van der Waals surface area contributed by atoms with Crippen molar-refractivity contribution in [2.45, 2.75) is 25.3 Å². The number of hydrogen-bond donors (Lipinski definition) is 2. The molecule has 1 aliphatic rings. The highest BCUT2D eigenvalue weighted by Crippen LogP contribution is 2.25. The maximum absolute atomic E-state index is 8.74. The van der Waals surface area contributed by atoms with Gasteiger partial charge in [-0.15, -0.1) is 0 Å². The molecule has 0 aromatic heterocycles. The Morgan fingerprint density at radius 3 is 2.67 bits per heavy atom. The minimum absolute atomic E-state index is 0.352. The van der Waals surface area contributed by atoms with Gasteiger partial charge in [-0.3, -0.25) is 4.34 Å². The fraction of sp³-hybridized carbons (Fsp3) is 1.00. The zero-order valence-corrected chi connectivity index (χ0v) is 6.89. The van der Waals surface area contributed by atoms with E-state index in [9.17, 15) is 0 Å². The Balaban J connectivity index is 2.20. The van der Waals surface area contributed by atoms with Crippen LogP contribution in [-0.2, 0) is 0 Å². The molecule has 0 spiro atoms. The minimum Gasteiger partial charge on any atom is -0.396 e. The standard InChI is InChI=1S/C6H12BrNO/c7-8-6-2-1-5(3-6)4-9/h5-6,8-9H,1-4H2/t5-,6-/m0/s1. The van der Waals surface area contributed by atoms with Crippen molar-refractivity contribution in [3.8, 4) is 0 Å². The van der Waals surface area contributed by atoms with Crippen molar-refractivity contribution in [1.29, 1.82) is 0 Å². The summed E-state index contributed by atoms with van der Waals surface area (Å²) in [5.74, 6) is 0.542. The van der Waals surface area contributed by atoms with Crippen LogP contribution in [0.5, 0.6) is 0 Å². The van der Waals surface area contributed by atoms with Crippen LogP contribution in [0, 0.1) is 5.92 Å². The van der Waals surface area contributed by atoms with Gasteiger partial charge in [0.15, 0.2) is 0 Å². The van der Waals surface area contributed by atoms with Gasteiger partial charge in [-0.1, -0.05) is 0 Å². The van der Waals surface area contributed by atoms with Gasteiger partial charge < -0.3 is 5.11 Å². The Morgan fingerprint density at radius 1 is 1.56 bits per heavy atom. The first-order valence-corrected chi connectivity index (χ1v) is 4.13. The minimum atomic E-state index is 0.352. The summed E-state index contributed by atoms with van der Waals surface area (Å²) in [6, 6.07) is 0.585. The van der Waals surface area contributed by atoms with Gasteiger partial charge in [0.05, 0.1) is 0 Å². The molecule has 0 saturated heterocycles. The quantitative estimate of drug-likeness (QED) is 0.644. The third-order valence-electron chi connectivity index (χ3n) is 1.95. The zero-order valence-electron chi connectivity index (χ0n) is 5.31. The van der Waals surface area contributed by atoms with Gasteiger partial charge in [-0.25, -0.2) is 0 Å². The molecule has 1 aliphatic carbocycles. The summed E-state index contributed by atoms with van der Waals surface area (Å²) in [5, 5.41) is 8.74. The molecule has 0 unspecified atom stereocenters. The molecule has 0 heterocycles. The Kier molecular flexibility index (Phi) is 2.95. The predicted molar refractivity (Wildman–Crippen MR) is 40.3 cm³/mol. The lowest BCUT2D eigenvalue weighted by molar-refractivity contribution is 0.228. The topological polar surface area (TPSA) is 32.3 Å². The van der Waals surface area contributed by atoms with E-state index >= 15 is 0 Å². The largest absolute Gasteiger partial charge is 0.396 e. The Bertz CT molecular complexity index is 79.1. The summed E-state index contributed by atoms with van der Waals surface area (Å²) in [6.07, 6.45) is 3.47. The average molecular weight is 194 g/mol. The van der Waals surface area contributed by atoms with E-state index in [0.717, 1.165) is 6.42 Å². The van der Waals surface area contributed by atoms with Crippen molar-refractivity contribution in [3.05, 3.63) is 0 Å². The first-order chi connectivity index (χ1) is 4.36. The summed E-state index contributed by atoms with van der Waals surface area (Å²) in [5.41, 5.74) is 0. The molecule has 0 aromatic rings. The molecular weight excluding hydrogens is 182 g/mol. The summed E-state index contributed by atoms with van der Waals surface area (Å²) < 4.78 is 3.03. The molecule has 2 atom stereocenters. The third kappa shape index (κ3) is 1.92. The summed E-state index contributed by atoms with van der Waals surface area (Å²) >= 11 is 3.20. The van der Waals surface area contributed by atoms with Crippen LogP contribution < -0.4 is 4.34 Å². The maximum atomic E-state index is 8.74. The normalized spacial score (nSPS) is 35.3. The maximum Gasteiger partial charge on any atom is 0.0459 e. The van der Waals surface area contributed by atoms with Gasteiger partial charge in [0, 0.05) is 28.8 Å². The summed E-state index contributed by atoms with van der Waals surface area (Å²) in [4.78, 5) is 0. The lowest BCUT2D eigenvalue weighted by atomic mass is 10.1. The van der Waals surface area contributed by atoms with Gasteiger partial charge in [0.25, 0.3) is 0 Å². The van der Waals surface area contributed by atoms with E-state index in [1.54, 1.807) is 0 Å². The molecule has 3 heteroatoms. The smallest absolute Gasteiger partial charge is 0.0459 e. The van der Waals surface area contributed by atoms with E-state index in [1.807, 2.05) is 0 Å². The molecule has 0 radical (unpaired) electrons. The van der Waals surface area contributed by atoms with Crippen LogP contribution in [0.2, 0.25) is 0 Å². The highest BCUT2D eigenvalue weighted by molar-refractivity contribution is 9.08. The number of aliphatic hydroxyl groups excluding tert-OH is 1. The van der Waals surface area contributed by atoms with Crippen molar-refractivity contribution < 1.29 is 5.11 Å². The third-order valence-corrected chi connectivity index (χ3v) is 2.60. The highest BCUT2D eigenvalue weighted by atomic mass is 79.9. The van der Waals surface area contributed by atoms with Crippen molar-refractivity contribution >= 4 is 16.1 Å². The number of hydrogen-bond acceptors (Lipinski definition) is 2. The second kappa shape index (κ2) is 3.54. The van der Waals surface area contributed by atoms with Crippen LogP contribution in [0.25, 0.3) is 0 Å². The van der Waals surface area contributed by atoms with E-state index in [1.165, 1.54) is 12.8 Å². The van der Waals surface area contributed by atoms with E-state index in [0.29, 0.717) is 18.6 Å². The number of nitrogens with one attached hydrogen (secondary N) is 1. The molecule has 1 fully saturated rings. The van der Waals surface area contributed by atoms with Crippen molar-refractivity contribution in [2.24, 2.45) is 5.92 Å². The van der Waals surface area contributed by atoms with E-state index < -0.39 is 0 Å². The molecule has 0 bridgehead atoms. The van der Waals surface area contributed by atoms with Crippen LogP contribution in [0.15, 0.2) is 0 Å². The van der Waals surface area contributed by atoms with E-state index in [4.69, 9.17) is 5.11 Å². The molecule has 1 saturated carbocycles. The summed E-state index contributed by atoms with van der Waals surface area (Å²) in [6.45, 7) is 0.352. The molecule has 9 heavy (non-hydrogen) atoms. The fourth-order valence-corrected chi connectivity index (χ4v) is 1.76. The number of halogens is 1. The van der Waals surface area contributed by atoms with Gasteiger partial charge in [-0.05, 0) is 25.2 Å². The Labute approximate surface area is 64.0 Å². The lowest BCUT2D eigenvalue weighted by Gasteiger charge is -2.05. The fourth-order valence-electron chi connectivity index (χ4n) is 1.34. The van der Waals surface area contributed by atoms with Crippen LogP contribution in [0.3, 0.4) is 0 Å². The molecule has 2 N–H and O–H groups in total. The predicted octanol–water partition coefficient (Wildman–Crippen LogP) is 1.05. The van der Waals surface area contributed by atoms with Crippen molar-refractivity contribution in [2.75, 3.05) is 6.61 Å². The van der Waals surface area contributed by atoms with Gasteiger partial charge in [-0.2, -0.15) is 0 Å². The first kappa shape index (κ1) is 7.51. The number of aliphatic hydroxyl groups is 1. The summed E-state index contributed by atoms with van der Waals surface area (Å²) in [7, 11) is 0. The monoisotopic (exact) mass is 193 g/mol. The molecule has 0 aliphatic heterocycles. The zero-order chi connectivity index (χ0) is 6.69. The van der Waals surface area contributed by atoms with Gasteiger partial charge >= 0.3 is 0 Å². The molecule has 2 nitrogen and oxygen atoms in total. The second-order valence-electron chi connectivity index (χ2n) is 2.67. The van der Waals surface area contributed by atoms with Crippen molar-refractivity contribution in [1.82, 2.24) is 4.34 Å². The van der Waals surface area contributed by atoms with Gasteiger partial charge in [0.2, 0.25) is 0 Å². The van der Waals surface area contributed by atoms with Crippen LogP contribution >= 0.6 is 16.1 Å². The average Bonchev–Trinajstić information content (AvgIpc) is 2.34. The molecule has 54 valence electrons. The lowest BCUT2D eigenvalue weighted by Crippen LogP contribution is -2.16. The van der Waals surface area contributed by atoms with Gasteiger partial charge in [0.1, 0.15) is 0 Å².